The van der Waals surface area contributed by atoms with Crippen LogP contribution in [0.15, 0.2) is 12.3 Å². The minimum atomic E-state index is 0.687. The number of hydrogen-bond acceptors (Lipinski definition) is 3. The van der Waals surface area contributed by atoms with E-state index in [9.17, 15) is 0 Å². The van der Waals surface area contributed by atoms with Crippen molar-refractivity contribution in [3.8, 4) is 5.82 Å². The largest absolute Gasteiger partial charge is 0.312 e. The zero-order valence-electron chi connectivity index (χ0n) is 12.6. The Kier molecular flexibility index (Phi) is 3.61. The molecule has 0 unspecified atom stereocenters. The molecule has 5 nitrogen and oxygen atoms in total. The molecule has 0 radical (unpaired) electrons. The molecule has 2 aromatic rings. The van der Waals surface area contributed by atoms with Crippen molar-refractivity contribution in [3.05, 3.63) is 29.2 Å². The van der Waals surface area contributed by atoms with E-state index in [2.05, 4.69) is 36.5 Å². The standard InChI is InChI=1S/C15H23N5/c1-4-8-16-10-13-11(2)17-19(3)15(13)20-9-7-14(18-20)12-5-6-12/h7,9,12,16H,4-6,8,10H2,1-3H3. The Bertz CT molecular complexity index is 591. The smallest absolute Gasteiger partial charge is 0.156 e. The maximum Gasteiger partial charge on any atom is 0.156 e. The predicted octanol–water partition coefficient (Wildman–Crippen LogP) is 2.29. The van der Waals surface area contributed by atoms with Crippen molar-refractivity contribution in [1.82, 2.24) is 24.9 Å². The number of hydrogen-bond donors (Lipinski definition) is 1. The van der Waals surface area contributed by atoms with Gasteiger partial charge in [0.15, 0.2) is 5.82 Å². The molecule has 1 saturated carbocycles. The second kappa shape index (κ2) is 5.40. The SMILES string of the molecule is CCCNCc1c(C)nn(C)c1-n1ccc(C2CC2)n1. The molecule has 0 atom stereocenters. The third kappa shape index (κ3) is 2.50. The van der Waals surface area contributed by atoms with Crippen LogP contribution in [0.25, 0.3) is 5.82 Å². The second-order valence-corrected chi connectivity index (χ2v) is 5.65. The number of aryl methyl sites for hydroxylation is 2. The van der Waals surface area contributed by atoms with Gasteiger partial charge in [-0.15, -0.1) is 0 Å². The fourth-order valence-corrected chi connectivity index (χ4v) is 2.63. The van der Waals surface area contributed by atoms with Gasteiger partial charge in [-0.1, -0.05) is 6.92 Å². The molecule has 0 aromatic carbocycles. The van der Waals surface area contributed by atoms with Gasteiger partial charge in [0.1, 0.15) is 0 Å². The Morgan fingerprint density at radius 2 is 2.15 bits per heavy atom. The van der Waals surface area contributed by atoms with Gasteiger partial charge in [-0.2, -0.15) is 10.2 Å². The Labute approximate surface area is 120 Å². The summed E-state index contributed by atoms with van der Waals surface area (Å²) in [5.74, 6) is 1.77. The van der Waals surface area contributed by atoms with Gasteiger partial charge in [-0.25, -0.2) is 4.68 Å². The monoisotopic (exact) mass is 273 g/mol. The van der Waals surface area contributed by atoms with E-state index < -0.39 is 0 Å². The van der Waals surface area contributed by atoms with Crippen molar-refractivity contribution in [3.63, 3.8) is 0 Å². The number of nitrogens with one attached hydrogen (secondary N) is 1. The van der Waals surface area contributed by atoms with Gasteiger partial charge in [0, 0.05) is 31.3 Å². The molecule has 108 valence electrons. The van der Waals surface area contributed by atoms with E-state index in [1.54, 1.807) is 0 Å². The molecular formula is C15H23N5. The first-order chi connectivity index (χ1) is 9.70. The summed E-state index contributed by atoms with van der Waals surface area (Å²) in [7, 11) is 1.99. The van der Waals surface area contributed by atoms with Crippen LogP contribution in [0.5, 0.6) is 0 Å². The topological polar surface area (TPSA) is 47.7 Å². The molecule has 2 aromatic heterocycles. The van der Waals surface area contributed by atoms with Crippen molar-refractivity contribution in [2.45, 2.75) is 45.6 Å². The predicted molar refractivity (Wildman–Crippen MR) is 79.0 cm³/mol. The highest BCUT2D eigenvalue weighted by molar-refractivity contribution is 5.38. The van der Waals surface area contributed by atoms with Crippen LogP contribution in [-0.4, -0.2) is 26.1 Å². The Morgan fingerprint density at radius 1 is 1.35 bits per heavy atom. The van der Waals surface area contributed by atoms with Crippen LogP contribution in [0, 0.1) is 6.92 Å². The quantitative estimate of drug-likeness (QED) is 0.822. The summed E-state index contributed by atoms with van der Waals surface area (Å²) in [6, 6.07) is 2.14. The summed E-state index contributed by atoms with van der Waals surface area (Å²) < 4.78 is 3.92. The molecular weight excluding hydrogens is 250 g/mol. The van der Waals surface area contributed by atoms with Gasteiger partial charge in [0.2, 0.25) is 0 Å². The highest BCUT2D eigenvalue weighted by atomic mass is 15.4. The highest BCUT2D eigenvalue weighted by Crippen LogP contribution is 2.39. The fraction of sp³-hybridized carbons (Fsp3) is 0.600. The van der Waals surface area contributed by atoms with E-state index in [4.69, 9.17) is 5.10 Å². The highest BCUT2D eigenvalue weighted by Gasteiger charge is 2.26. The molecule has 0 amide bonds. The van der Waals surface area contributed by atoms with Crippen LogP contribution in [0.1, 0.15) is 49.1 Å². The minimum absolute atomic E-state index is 0.687. The van der Waals surface area contributed by atoms with E-state index in [-0.39, 0.29) is 0 Å². The van der Waals surface area contributed by atoms with Crippen LogP contribution in [0.2, 0.25) is 0 Å². The molecule has 0 bridgehead atoms. The molecule has 20 heavy (non-hydrogen) atoms. The lowest BCUT2D eigenvalue weighted by atomic mass is 10.2. The molecule has 0 spiro atoms. The van der Waals surface area contributed by atoms with Gasteiger partial charge < -0.3 is 5.32 Å². The molecule has 0 aliphatic heterocycles. The molecule has 1 N–H and O–H groups in total. The molecule has 1 aliphatic rings. The summed E-state index contributed by atoms with van der Waals surface area (Å²) in [5.41, 5.74) is 3.54. The summed E-state index contributed by atoms with van der Waals surface area (Å²) in [4.78, 5) is 0. The van der Waals surface area contributed by atoms with Gasteiger partial charge in [-0.3, -0.25) is 4.68 Å². The fourth-order valence-electron chi connectivity index (χ4n) is 2.63. The summed E-state index contributed by atoms with van der Waals surface area (Å²) in [5, 5.41) is 12.7. The third-order valence-electron chi connectivity index (χ3n) is 3.86. The van der Waals surface area contributed by atoms with Crippen molar-refractivity contribution in [2.24, 2.45) is 7.05 Å². The van der Waals surface area contributed by atoms with E-state index in [0.29, 0.717) is 5.92 Å². The zero-order valence-corrected chi connectivity index (χ0v) is 12.6. The Balaban J connectivity index is 1.89. The molecule has 3 rings (SSSR count). The van der Waals surface area contributed by atoms with Crippen LogP contribution in [-0.2, 0) is 13.6 Å². The first-order valence-corrected chi connectivity index (χ1v) is 7.49. The lowest BCUT2D eigenvalue weighted by molar-refractivity contribution is 0.656. The van der Waals surface area contributed by atoms with Crippen molar-refractivity contribution >= 4 is 0 Å². The minimum Gasteiger partial charge on any atom is -0.312 e. The van der Waals surface area contributed by atoms with Gasteiger partial charge in [0.05, 0.1) is 11.4 Å². The summed E-state index contributed by atoms with van der Waals surface area (Å²) in [6.45, 7) is 6.12. The molecule has 2 heterocycles. The van der Waals surface area contributed by atoms with Crippen LogP contribution in [0.3, 0.4) is 0 Å². The van der Waals surface area contributed by atoms with Crippen molar-refractivity contribution in [2.75, 3.05) is 6.54 Å². The van der Waals surface area contributed by atoms with E-state index in [1.807, 2.05) is 16.4 Å². The van der Waals surface area contributed by atoms with Crippen molar-refractivity contribution < 1.29 is 0 Å². The molecule has 0 saturated heterocycles. The van der Waals surface area contributed by atoms with Crippen LogP contribution < -0.4 is 5.32 Å². The third-order valence-corrected chi connectivity index (χ3v) is 3.86. The Morgan fingerprint density at radius 3 is 2.85 bits per heavy atom. The molecule has 5 heteroatoms. The van der Waals surface area contributed by atoms with Crippen LogP contribution >= 0.6 is 0 Å². The lowest BCUT2D eigenvalue weighted by Crippen LogP contribution is -2.16. The van der Waals surface area contributed by atoms with Gasteiger partial charge in [0.25, 0.3) is 0 Å². The first kappa shape index (κ1) is 13.4. The number of nitrogens with zero attached hydrogens (tertiary/aromatic N) is 4. The van der Waals surface area contributed by atoms with Crippen LogP contribution in [0.4, 0.5) is 0 Å². The first-order valence-electron chi connectivity index (χ1n) is 7.49. The van der Waals surface area contributed by atoms with Crippen molar-refractivity contribution in [1.29, 1.82) is 0 Å². The Hall–Kier alpha value is -1.62. The maximum atomic E-state index is 4.73. The van der Waals surface area contributed by atoms with Gasteiger partial charge >= 0.3 is 0 Å². The second-order valence-electron chi connectivity index (χ2n) is 5.65. The number of rotatable bonds is 6. The van der Waals surface area contributed by atoms with E-state index in [0.717, 1.165) is 31.0 Å². The lowest BCUT2D eigenvalue weighted by Gasteiger charge is -2.07. The van der Waals surface area contributed by atoms with E-state index in [1.165, 1.54) is 24.1 Å². The summed E-state index contributed by atoms with van der Waals surface area (Å²) in [6.07, 6.45) is 5.77. The molecule has 1 aliphatic carbocycles. The van der Waals surface area contributed by atoms with Gasteiger partial charge in [-0.05, 0) is 38.8 Å². The van der Waals surface area contributed by atoms with E-state index >= 15 is 0 Å². The average Bonchev–Trinajstić information content (AvgIpc) is 3.09. The number of aromatic nitrogens is 4. The summed E-state index contributed by atoms with van der Waals surface area (Å²) >= 11 is 0. The normalized spacial score (nSPS) is 14.9. The molecule has 1 fully saturated rings. The average molecular weight is 273 g/mol. The maximum absolute atomic E-state index is 4.73. The zero-order chi connectivity index (χ0) is 14.1.